The van der Waals surface area contributed by atoms with Crippen molar-refractivity contribution in [3.63, 3.8) is 0 Å². The molecule has 2 aromatic heterocycles. The number of rotatable bonds is 5. The van der Waals surface area contributed by atoms with E-state index in [9.17, 15) is 4.39 Å². The molecule has 0 amide bonds. The molecule has 0 saturated carbocycles. The van der Waals surface area contributed by atoms with Crippen LogP contribution in [0, 0.1) is 5.82 Å². The van der Waals surface area contributed by atoms with Gasteiger partial charge in [-0.3, -0.25) is 5.10 Å². The third-order valence-electron chi connectivity index (χ3n) is 5.03. The van der Waals surface area contributed by atoms with Gasteiger partial charge in [0.05, 0.1) is 18.5 Å². The number of hydrogen-bond donors (Lipinski definition) is 1. The number of nitrogens with zero attached hydrogens (tertiary/aromatic N) is 4. The Morgan fingerprint density at radius 2 is 2.07 bits per heavy atom. The molecular weight excluding hydrogens is 345 g/mol. The quantitative estimate of drug-likeness (QED) is 0.747. The lowest BCUT2D eigenvalue weighted by Crippen LogP contribution is -2.33. The van der Waals surface area contributed by atoms with Crippen LogP contribution < -0.4 is 4.90 Å². The molecule has 0 spiro atoms. The van der Waals surface area contributed by atoms with Gasteiger partial charge in [-0.2, -0.15) is 5.10 Å². The van der Waals surface area contributed by atoms with Gasteiger partial charge in [0, 0.05) is 43.4 Å². The minimum absolute atomic E-state index is 0.231. The molecule has 4 rings (SSSR count). The number of ether oxygens (including phenoxy) is 1. The van der Waals surface area contributed by atoms with Crippen molar-refractivity contribution in [2.24, 2.45) is 0 Å². The lowest BCUT2D eigenvalue weighted by molar-refractivity contribution is 0.181. The summed E-state index contributed by atoms with van der Waals surface area (Å²) in [5, 5.41) is 7.36. The maximum Gasteiger partial charge on any atom is 0.132 e. The van der Waals surface area contributed by atoms with Crippen molar-refractivity contribution in [2.75, 3.05) is 25.1 Å². The molecule has 1 aliphatic heterocycles. The van der Waals surface area contributed by atoms with Crippen LogP contribution >= 0.6 is 0 Å². The fourth-order valence-electron chi connectivity index (χ4n) is 3.68. The molecule has 0 aliphatic carbocycles. The van der Waals surface area contributed by atoms with Crippen molar-refractivity contribution in [1.82, 2.24) is 20.2 Å². The van der Waals surface area contributed by atoms with Crippen molar-refractivity contribution in [1.29, 1.82) is 0 Å². The van der Waals surface area contributed by atoms with Crippen molar-refractivity contribution in [2.45, 2.75) is 25.4 Å². The number of methoxy groups -OCH3 is 1. The number of nitrogens with one attached hydrogen (secondary N) is 1. The molecule has 1 aromatic carbocycles. The molecule has 6 nitrogen and oxygen atoms in total. The van der Waals surface area contributed by atoms with Crippen molar-refractivity contribution < 1.29 is 9.13 Å². The van der Waals surface area contributed by atoms with E-state index in [-0.39, 0.29) is 5.82 Å². The molecule has 27 heavy (non-hydrogen) atoms. The van der Waals surface area contributed by atoms with Gasteiger partial charge in [-0.15, -0.1) is 0 Å². The zero-order valence-electron chi connectivity index (χ0n) is 15.2. The van der Waals surface area contributed by atoms with Crippen molar-refractivity contribution in [3.8, 4) is 11.1 Å². The Bertz CT molecular complexity index is 905. The van der Waals surface area contributed by atoms with Gasteiger partial charge in [-0.05, 0) is 30.5 Å². The van der Waals surface area contributed by atoms with E-state index < -0.39 is 0 Å². The van der Waals surface area contributed by atoms with Crippen LogP contribution in [0.3, 0.4) is 0 Å². The van der Waals surface area contributed by atoms with Crippen LogP contribution in [0.4, 0.5) is 10.2 Å². The van der Waals surface area contributed by atoms with Gasteiger partial charge in [0.2, 0.25) is 0 Å². The molecule has 140 valence electrons. The topological polar surface area (TPSA) is 66.9 Å². The van der Waals surface area contributed by atoms with Crippen LogP contribution in [0.5, 0.6) is 0 Å². The molecule has 3 heterocycles. The van der Waals surface area contributed by atoms with Gasteiger partial charge >= 0.3 is 0 Å². The van der Waals surface area contributed by atoms with Crippen molar-refractivity contribution >= 4 is 5.82 Å². The number of piperidine rings is 1. The summed E-state index contributed by atoms with van der Waals surface area (Å²) >= 11 is 0. The fourth-order valence-corrected chi connectivity index (χ4v) is 3.68. The second-order valence-electron chi connectivity index (χ2n) is 6.77. The molecule has 0 bridgehead atoms. The Kier molecular flexibility index (Phi) is 5.11. The average molecular weight is 367 g/mol. The highest BCUT2D eigenvalue weighted by Crippen LogP contribution is 2.34. The first-order chi connectivity index (χ1) is 13.2. The molecule has 0 atom stereocenters. The molecule has 1 aliphatic rings. The van der Waals surface area contributed by atoms with Gasteiger partial charge in [-0.1, -0.05) is 12.1 Å². The van der Waals surface area contributed by atoms with Crippen LogP contribution in [0.2, 0.25) is 0 Å². The molecule has 0 radical (unpaired) electrons. The van der Waals surface area contributed by atoms with Gasteiger partial charge in [0.1, 0.15) is 18.0 Å². The Hall–Kier alpha value is -2.80. The summed E-state index contributed by atoms with van der Waals surface area (Å²) in [5.41, 5.74) is 3.81. The first kappa shape index (κ1) is 17.6. The maximum absolute atomic E-state index is 13.6. The third-order valence-corrected chi connectivity index (χ3v) is 5.03. The van der Waals surface area contributed by atoms with Crippen LogP contribution in [-0.2, 0) is 11.3 Å². The van der Waals surface area contributed by atoms with Crippen LogP contribution in [0.25, 0.3) is 11.1 Å². The number of anilines is 1. The van der Waals surface area contributed by atoms with E-state index in [2.05, 4.69) is 25.1 Å². The Morgan fingerprint density at radius 3 is 2.85 bits per heavy atom. The number of aromatic nitrogens is 4. The molecule has 1 N–H and O–H groups in total. The van der Waals surface area contributed by atoms with Crippen LogP contribution in [0.15, 0.2) is 42.9 Å². The minimum atomic E-state index is -0.231. The lowest BCUT2D eigenvalue weighted by atomic mass is 9.89. The highest BCUT2D eigenvalue weighted by Gasteiger charge is 2.25. The monoisotopic (exact) mass is 367 g/mol. The molecule has 3 aromatic rings. The van der Waals surface area contributed by atoms with E-state index in [1.165, 1.54) is 6.07 Å². The highest BCUT2D eigenvalue weighted by atomic mass is 19.1. The number of H-pyrrole nitrogens is 1. The first-order valence-corrected chi connectivity index (χ1v) is 9.08. The Balaban J connectivity index is 1.48. The largest absolute Gasteiger partial charge is 0.378 e. The van der Waals surface area contributed by atoms with E-state index >= 15 is 0 Å². The highest BCUT2D eigenvalue weighted by molar-refractivity contribution is 5.66. The predicted octanol–water partition coefficient (Wildman–Crippen LogP) is 3.54. The second-order valence-corrected chi connectivity index (χ2v) is 6.77. The number of hydrogen-bond acceptors (Lipinski definition) is 5. The van der Waals surface area contributed by atoms with Gasteiger partial charge in [0.25, 0.3) is 0 Å². The van der Waals surface area contributed by atoms with E-state index in [1.54, 1.807) is 31.8 Å². The van der Waals surface area contributed by atoms with E-state index in [0.29, 0.717) is 12.5 Å². The summed E-state index contributed by atoms with van der Waals surface area (Å²) in [4.78, 5) is 10.9. The Morgan fingerprint density at radius 1 is 1.22 bits per heavy atom. The standard InChI is InChI=1S/C20H22FN5O/c1-27-12-17-10-19(23-13-22-17)26-7-5-14(6-8-26)20-18(11-24-25-20)15-3-2-4-16(21)9-15/h2-4,9-11,13-14H,5-8,12H2,1H3,(H,24,25). The summed E-state index contributed by atoms with van der Waals surface area (Å²) in [6.07, 6.45) is 5.34. The number of halogens is 1. The first-order valence-electron chi connectivity index (χ1n) is 9.08. The van der Waals surface area contributed by atoms with Gasteiger partial charge in [0.15, 0.2) is 0 Å². The summed E-state index contributed by atoms with van der Waals surface area (Å²) < 4.78 is 18.8. The third kappa shape index (κ3) is 3.83. The SMILES string of the molecule is COCc1cc(N2CCC(c3[nH]ncc3-c3cccc(F)c3)CC2)ncn1. The lowest BCUT2D eigenvalue weighted by Gasteiger charge is -2.32. The smallest absolute Gasteiger partial charge is 0.132 e. The van der Waals surface area contributed by atoms with Crippen molar-refractivity contribution in [3.05, 3.63) is 60.1 Å². The second kappa shape index (κ2) is 7.84. The molecule has 7 heteroatoms. The molecule has 0 unspecified atom stereocenters. The van der Waals surface area contributed by atoms with E-state index in [1.807, 2.05) is 12.1 Å². The predicted molar refractivity (Wildman–Crippen MR) is 101 cm³/mol. The number of aromatic amines is 1. The molecule has 1 fully saturated rings. The summed E-state index contributed by atoms with van der Waals surface area (Å²) in [7, 11) is 1.66. The van der Waals surface area contributed by atoms with E-state index in [4.69, 9.17) is 4.74 Å². The zero-order chi connectivity index (χ0) is 18.6. The minimum Gasteiger partial charge on any atom is -0.378 e. The molecular formula is C20H22FN5O. The zero-order valence-corrected chi connectivity index (χ0v) is 15.2. The molecule has 1 saturated heterocycles. The van der Waals surface area contributed by atoms with Crippen LogP contribution in [-0.4, -0.2) is 40.4 Å². The Labute approximate surface area is 157 Å². The number of benzene rings is 1. The van der Waals surface area contributed by atoms with Crippen LogP contribution in [0.1, 0.15) is 30.1 Å². The summed E-state index contributed by atoms with van der Waals surface area (Å²) in [5.74, 6) is 1.07. The van der Waals surface area contributed by atoms with E-state index in [0.717, 1.165) is 54.3 Å². The fraction of sp³-hybridized carbons (Fsp3) is 0.350. The van der Waals surface area contributed by atoms with Gasteiger partial charge in [-0.25, -0.2) is 14.4 Å². The maximum atomic E-state index is 13.6. The summed E-state index contributed by atoms with van der Waals surface area (Å²) in [6.45, 7) is 2.28. The normalized spacial score (nSPS) is 15.3. The summed E-state index contributed by atoms with van der Waals surface area (Å²) in [6, 6.07) is 8.66. The average Bonchev–Trinajstić information content (AvgIpc) is 3.19. The van der Waals surface area contributed by atoms with Gasteiger partial charge < -0.3 is 9.64 Å².